The lowest BCUT2D eigenvalue weighted by molar-refractivity contribution is 0.00808. The Morgan fingerprint density at radius 3 is 2.21 bits per heavy atom. The van der Waals surface area contributed by atoms with Crippen molar-refractivity contribution in [3.8, 4) is 0 Å². The van der Waals surface area contributed by atoms with E-state index in [1.54, 1.807) is 0 Å². The van der Waals surface area contributed by atoms with Gasteiger partial charge in [-0.25, -0.2) is 13.8 Å². The van der Waals surface area contributed by atoms with E-state index in [1.165, 1.54) is 50.7 Å². The maximum absolute atomic E-state index is 15.1. The molecule has 4 heteroatoms. The molecule has 0 saturated heterocycles. The maximum atomic E-state index is 15.1. The lowest BCUT2D eigenvalue weighted by Gasteiger charge is -2.42. The molecule has 2 aliphatic carbocycles. The molecule has 0 aromatic heterocycles. The summed E-state index contributed by atoms with van der Waals surface area (Å²) in [7, 11) is 0. The number of aliphatic imine (C=N–C) groups is 1. The number of alkyl halides is 2. The first-order chi connectivity index (χ1) is 11.5. The van der Waals surface area contributed by atoms with Gasteiger partial charge >= 0.3 is 0 Å². The molecule has 0 aromatic carbocycles. The Kier molecular flexibility index (Phi) is 6.00. The highest BCUT2D eigenvalue weighted by Gasteiger charge is 2.48. The van der Waals surface area contributed by atoms with Gasteiger partial charge in [0, 0.05) is 5.92 Å². The summed E-state index contributed by atoms with van der Waals surface area (Å²) in [5.41, 5.74) is -1.96. The fourth-order valence-electron chi connectivity index (χ4n) is 5.25. The zero-order valence-electron chi connectivity index (χ0n) is 14.7. The number of halogens is 3. The van der Waals surface area contributed by atoms with Crippen molar-refractivity contribution < 1.29 is 8.78 Å². The second-order valence-corrected chi connectivity index (χ2v) is 8.52. The van der Waals surface area contributed by atoms with Crippen molar-refractivity contribution in [3.63, 3.8) is 0 Å². The topological polar surface area (TPSA) is 12.4 Å². The van der Waals surface area contributed by atoms with Crippen LogP contribution >= 0.6 is 11.6 Å². The van der Waals surface area contributed by atoms with Crippen molar-refractivity contribution in [2.75, 3.05) is 0 Å². The molecule has 0 aromatic rings. The normalized spacial score (nSPS) is 43.5. The lowest BCUT2D eigenvalue weighted by atomic mass is 9.66. The summed E-state index contributed by atoms with van der Waals surface area (Å²) in [5.74, 6) is 2.19. The van der Waals surface area contributed by atoms with E-state index in [0.717, 1.165) is 37.5 Å². The molecule has 2 saturated carbocycles. The summed E-state index contributed by atoms with van der Waals surface area (Å²) in [6, 6.07) is 0. The molecule has 2 atom stereocenters. The first-order valence-corrected chi connectivity index (χ1v) is 10.2. The van der Waals surface area contributed by atoms with E-state index in [2.05, 4.69) is 11.9 Å². The summed E-state index contributed by atoms with van der Waals surface area (Å²) in [6.45, 7) is 2.27. The lowest BCUT2D eigenvalue weighted by Crippen LogP contribution is -2.44. The Labute approximate surface area is 149 Å². The second kappa shape index (κ2) is 7.85. The van der Waals surface area contributed by atoms with Crippen molar-refractivity contribution in [2.45, 2.75) is 83.1 Å². The number of hydrogen-bond donors (Lipinski definition) is 0. The van der Waals surface area contributed by atoms with E-state index in [9.17, 15) is 4.39 Å². The summed E-state index contributed by atoms with van der Waals surface area (Å²) >= 11 is 5.69. The minimum atomic E-state index is -1.96. The van der Waals surface area contributed by atoms with Gasteiger partial charge in [0.05, 0.1) is 0 Å². The molecule has 0 bridgehead atoms. The number of rotatable bonds is 4. The van der Waals surface area contributed by atoms with Crippen molar-refractivity contribution in [2.24, 2.45) is 28.7 Å². The van der Waals surface area contributed by atoms with Crippen LogP contribution in [0.5, 0.6) is 0 Å². The molecular weight excluding hydrogens is 328 g/mol. The van der Waals surface area contributed by atoms with E-state index < -0.39 is 12.0 Å². The van der Waals surface area contributed by atoms with Gasteiger partial charge in [0.25, 0.3) is 0 Å². The molecule has 1 heterocycles. The maximum Gasteiger partial charge on any atom is 0.228 e. The second-order valence-electron chi connectivity index (χ2n) is 8.13. The van der Waals surface area contributed by atoms with Crippen LogP contribution < -0.4 is 0 Å². The summed E-state index contributed by atoms with van der Waals surface area (Å²) in [4.78, 5) is 3.60. The van der Waals surface area contributed by atoms with Crippen molar-refractivity contribution in [1.82, 2.24) is 0 Å². The standard InChI is InChI=1S/C20H30ClF2N/c1-2-3-14-4-6-15(7-5-14)16-8-10-17(11-9-16)20(23)13-12-18(21)24-19(20)22/h12-17,19H,2-11H2,1H3. The van der Waals surface area contributed by atoms with Crippen LogP contribution in [0.1, 0.15) is 71.1 Å². The Bertz CT molecular complexity index is 476. The zero-order chi connectivity index (χ0) is 17.2. The third-order valence-electron chi connectivity index (χ3n) is 6.73. The van der Waals surface area contributed by atoms with Crippen molar-refractivity contribution in [1.29, 1.82) is 0 Å². The van der Waals surface area contributed by atoms with Gasteiger partial charge in [-0.2, -0.15) is 0 Å². The molecule has 3 aliphatic rings. The smallest absolute Gasteiger partial charge is 0.228 e. The number of hydrogen-bond acceptors (Lipinski definition) is 1. The SMILES string of the molecule is CCCC1CCC(C2CCC(C3(F)C=CC(Cl)=NC3F)CC2)CC1. The van der Waals surface area contributed by atoms with Crippen LogP contribution in [0.2, 0.25) is 0 Å². The van der Waals surface area contributed by atoms with Crippen molar-refractivity contribution in [3.05, 3.63) is 12.2 Å². The van der Waals surface area contributed by atoms with Crippen LogP contribution in [0.15, 0.2) is 17.1 Å². The average molecular weight is 358 g/mol. The highest BCUT2D eigenvalue weighted by Crippen LogP contribution is 2.47. The average Bonchev–Trinajstić information content (AvgIpc) is 2.60. The summed E-state index contributed by atoms with van der Waals surface area (Å²) in [6.07, 6.45) is 12.6. The Hall–Kier alpha value is -0.440. The molecule has 136 valence electrons. The van der Waals surface area contributed by atoms with Gasteiger partial charge in [0.1, 0.15) is 5.17 Å². The first kappa shape index (κ1) is 18.4. The molecule has 24 heavy (non-hydrogen) atoms. The highest BCUT2D eigenvalue weighted by atomic mass is 35.5. The Morgan fingerprint density at radius 2 is 1.67 bits per heavy atom. The highest BCUT2D eigenvalue weighted by molar-refractivity contribution is 6.68. The molecule has 1 aliphatic heterocycles. The van der Waals surface area contributed by atoms with Crippen LogP contribution in [-0.4, -0.2) is 17.1 Å². The van der Waals surface area contributed by atoms with Crippen LogP contribution in [0.3, 0.4) is 0 Å². The molecule has 2 fully saturated rings. The molecular formula is C20H30ClF2N. The summed E-state index contributed by atoms with van der Waals surface area (Å²) < 4.78 is 29.2. The number of allylic oxidation sites excluding steroid dienone is 1. The van der Waals surface area contributed by atoms with Gasteiger partial charge in [-0.1, -0.05) is 44.2 Å². The quantitative estimate of drug-likeness (QED) is 0.502. The molecule has 0 amide bonds. The van der Waals surface area contributed by atoms with Gasteiger partial charge in [0.2, 0.25) is 6.30 Å². The minimum Gasteiger partial charge on any atom is -0.234 e. The first-order valence-electron chi connectivity index (χ1n) is 9.78. The van der Waals surface area contributed by atoms with Crippen LogP contribution in [-0.2, 0) is 0 Å². The summed E-state index contributed by atoms with van der Waals surface area (Å²) in [5, 5.41) is 0.0632. The van der Waals surface area contributed by atoms with Gasteiger partial charge in [-0.05, 0) is 68.4 Å². The predicted octanol–water partition coefficient (Wildman–Crippen LogP) is 6.61. The van der Waals surface area contributed by atoms with Crippen molar-refractivity contribution >= 4 is 16.8 Å². The van der Waals surface area contributed by atoms with Crippen LogP contribution in [0, 0.1) is 23.7 Å². The van der Waals surface area contributed by atoms with Gasteiger partial charge in [-0.3, -0.25) is 0 Å². The number of nitrogens with zero attached hydrogens (tertiary/aromatic N) is 1. The Balaban J connectivity index is 1.51. The van der Waals surface area contributed by atoms with Gasteiger partial charge < -0.3 is 0 Å². The predicted molar refractivity (Wildman–Crippen MR) is 97.0 cm³/mol. The fraction of sp³-hybridized carbons (Fsp3) is 0.850. The minimum absolute atomic E-state index is 0.0632. The Morgan fingerprint density at radius 1 is 1.08 bits per heavy atom. The largest absolute Gasteiger partial charge is 0.234 e. The zero-order valence-corrected chi connectivity index (χ0v) is 15.4. The van der Waals surface area contributed by atoms with Gasteiger partial charge in [-0.15, -0.1) is 0 Å². The third kappa shape index (κ3) is 3.86. The molecule has 0 N–H and O–H groups in total. The molecule has 0 radical (unpaired) electrons. The number of dihydropyridines is 1. The third-order valence-corrected chi connectivity index (χ3v) is 6.95. The molecule has 3 rings (SSSR count). The molecule has 2 unspecified atom stereocenters. The van der Waals surface area contributed by atoms with E-state index in [-0.39, 0.29) is 11.1 Å². The molecule has 1 nitrogen and oxygen atoms in total. The van der Waals surface area contributed by atoms with E-state index in [0.29, 0.717) is 5.92 Å². The van der Waals surface area contributed by atoms with E-state index >= 15 is 4.39 Å². The van der Waals surface area contributed by atoms with E-state index in [1.807, 2.05) is 0 Å². The molecule has 0 spiro atoms. The van der Waals surface area contributed by atoms with Crippen LogP contribution in [0.4, 0.5) is 8.78 Å². The van der Waals surface area contributed by atoms with E-state index in [4.69, 9.17) is 11.6 Å². The fourth-order valence-corrected chi connectivity index (χ4v) is 5.39. The van der Waals surface area contributed by atoms with Crippen LogP contribution in [0.25, 0.3) is 0 Å². The monoisotopic (exact) mass is 357 g/mol. The van der Waals surface area contributed by atoms with Gasteiger partial charge in [0.15, 0.2) is 5.67 Å².